The van der Waals surface area contributed by atoms with E-state index in [0.717, 1.165) is 12.8 Å². The van der Waals surface area contributed by atoms with Crippen molar-refractivity contribution >= 4 is 11.6 Å². The summed E-state index contributed by atoms with van der Waals surface area (Å²) in [6, 6.07) is 0. The second kappa shape index (κ2) is 6.89. The van der Waals surface area contributed by atoms with Crippen molar-refractivity contribution in [1.29, 1.82) is 0 Å². The van der Waals surface area contributed by atoms with Gasteiger partial charge in [0.25, 0.3) is 0 Å². The van der Waals surface area contributed by atoms with Crippen LogP contribution in [0.1, 0.15) is 38.3 Å². The van der Waals surface area contributed by atoms with Gasteiger partial charge in [-0.15, -0.1) is 0 Å². The summed E-state index contributed by atoms with van der Waals surface area (Å²) in [7, 11) is 1.64. The molecule has 1 fully saturated rings. The van der Waals surface area contributed by atoms with E-state index in [1.165, 1.54) is 0 Å². The van der Waals surface area contributed by atoms with Crippen LogP contribution >= 0.6 is 11.6 Å². The molecule has 0 aromatic carbocycles. The van der Waals surface area contributed by atoms with Crippen LogP contribution in [0, 0.1) is 0 Å². The van der Waals surface area contributed by atoms with Crippen LogP contribution in [0.2, 0.25) is 5.02 Å². The zero-order chi connectivity index (χ0) is 14.6. The Bertz CT molecular complexity index is 436. The summed E-state index contributed by atoms with van der Waals surface area (Å²) in [6.07, 6.45) is 4.78. The number of rotatable bonds is 6. The molecule has 1 aromatic rings. The molecule has 2 atom stereocenters. The van der Waals surface area contributed by atoms with Crippen molar-refractivity contribution in [3.63, 3.8) is 0 Å². The normalized spacial score (nSPS) is 26.9. The zero-order valence-corrected chi connectivity index (χ0v) is 12.9. The first-order chi connectivity index (χ1) is 9.60. The minimum atomic E-state index is -0.959. The lowest BCUT2D eigenvalue weighted by Crippen LogP contribution is -2.40. The molecular weight excluding hydrogens is 280 g/mol. The third kappa shape index (κ3) is 3.34. The number of methoxy groups -OCH3 is 1. The second-order valence-electron chi connectivity index (χ2n) is 5.32. The number of ether oxygens (including phenoxy) is 2. The van der Waals surface area contributed by atoms with Crippen LogP contribution in [0.3, 0.4) is 0 Å². The Hall–Kier alpha value is -0.620. The quantitative estimate of drug-likeness (QED) is 0.876. The van der Waals surface area contributed by atoms with E-state index < -0.39 is 5.60 Å². The van der Waals surface area contributed by atoms with E-state index in [9.17, 15) is 5.11 Å². The predicted molar refractivity (Wildman–Crippen MR) is 76.9 cm³/mol. The van der Waals surface area contributed by atoms with E-state index >= 15 is 0 Å². The third-order valence-corrected chi connectivity index (χ3v) is 4.06. The lowest BCUT2D eigenvalue weighted by atomic mass is 9.86. The smallest absolute Gasteiger partial charge is 0.112 e. The molecule has 0 amide bonds. The van der Waals surface area contributed by atoms with E-state index in [1.807, 2.05) is 0 Å². The first-order valence-corrected chi connectivity index (χ1v) is 7.53. The van der Waals surface area contributed by atoms with Gasteiger partial charge in [-0.3, -0.25) is 4.68 Å². The molecule has 2 rings (SSSR count). The number of aliphatic hydroxyl groups is 1. The summed E-state index contributed by atoms with van der Waals surface area (Å²) in [5, 5.41) is 15.8. The molecule has 0 spiro atoms. The van der Waals surface area contributed by atoms with Crippen LogP contribution < -0.4 is 0 Å². The molecule has 114 valence electrons. The molecule has 0 bridgehead atoms. The van der Waals surface area contributed by atoms with Crippen LogP contribution in [-0.2, 0) is 21.6 Å². The molecule has 6 heteroatoms. The number of nitrogens with zero attached hydrogens (tertiary/aromatic N) is 2. The number of halogens is 1. The van der Waals surface area contributed by atoms with E-state index in [-0.39, 0.29) is 6.10 Å². The Morgan fingerprint density at radius 3 is 3.15 bits per heavy atom. The fourth-order valence-electron chi connectivity index (χ4n) is 2.83. The summed E-state index contributed by atoms with van der Waals surface area (Å²) in [5.41, 5.74) is -0.264. The lowest BCUT2D eigenvalue weighted by molar-refractivity contribution is -0.114. The molecule has 0 aliphatic carbocycles. The molecule has 1 aliphatic heterocycles. The zero-order valence-electron chi connectivity index (χ0n) is 12.1. The van der Waals surface area contributed by atoms with E-state index in [4.69, 9.17) is 21.1 Å². The first-order valence-electron chi connectivity index (χ1n) is 7.15. The lowest BCUT2D eigenvalue weighted by Gasteiger charge is -2.37. The fourth-order valence-corrected chi connectivity index (χ4v) is 3.14. The number of hydrogen-bond donors (Lipinski definition) is 1. The highest BCUT2D eigenvalue weighted by Gasteiger charge is 2.40. The molecule has 1 aromatic heterocycles. The monoisotopic (exact) mass is 302 g/mol. The van der Waals surface area contributed by atoms with Gasteiger partial charge < -0.3 is 14.6 Å². The van der Waals surface area contributed by atoms with Gasteiger partial charge in [0.2, 0.25) is 0 Å². The van der Waals surface area contributed by atoms with Gasteiger partial charge >= 0.3 is 0 Å². The first kappa shape index (κ1) is 15.8. The Balaban J connectivity index is 2.21. The van der Waals surface area contributed by atoms with Crippen LogP contribution in [0.25, 0.3) is 0 Å². The Kier molecular flexibility index (Phi) is 5.43. The molecule has 1 N–H and O–H groups in total. The van der Waals surface area contributed by atoms with Crippen molar-refractivity contribution in [3.8, 4) is 0 Å². The van der Waals surface area contributed by atoms with Crippen molar-refractivity contribution in [3.05, 3.63) is 16.9 Å². The van der Waals surface area contributed by atoms with Crippen LogP contribution in [-0.4, -0.2) is 41.3 Å². The molecule has 1 saturated heterocycles. The van der Waals surface area contributed by atoms with Gasteiger partial charge in [0.15, 0.2) is 0 Å². The highest BCUT2D eigenvalue weighted by molar-refractivity contribution is 6.31. The third-order valence-electron chi connectivity index (χ3n) is 3.79. The van der Waals surface area contributed by atoms with E-state index in [1.54, 1.807) is 18.0 Å². The molecule has 2 unspecified atom stereocenters. The maximum atomic E-state index is 11.0. The maximum Gasteiger partial charge on any atom is 0.112 e. The summed E-state index contributed by atoms with van der Waals surface area (Å²) in [6.45, 7) is 3.79. The second-order valence-corrected chi connectivity index (χ2v) is 5.73. The van der Waals surface area contributed by atoms with Gasteiger partial charge in [-0.25, -0.2) is 0 Å². The van der Waals surface area contributed by atoms with Crippen molar-refractivity contribution in [2.75, 3.05) is 20.3 Å². The van der Waals surface area contributed by atoms with Gasteiger partial charge in [0.05, 0.1) is 42.8 Å². The average molecular weight is 303 g/mol. The van der Waals surface area contributed by atoms with E-state index in [2.05, 4.69) is 12.0 Å². The topological polar surface area (TPSA) is 56.5 Å². The van der Waals surface area contributed by atoms with Crippen LogP contribution in [0.4, 0.5) is 0 Å². The largest absolute Gasteiger partial charge is 0.383 e. The van der Waals surface area contributed by atoms with Crippen LogP contribution in [0.15, 0.2) is 6.20 Å². The maximum absolute atomic E-state index is 11.0. The van der Waals surface area contributed by atoms with Gasteiger partial charge in [0.1, 0.15) is 5.60 Å². The van der Waals surface area contributed by atoms with Crippen molar-refractivity contribution in [2.45, 2.75) is 50.9 Å². The van der Waals surface area contributed by atoms with Gasteiger partial charge in [-0.05, 0) is 6.42 Å². The highest BCUT2D eigenvalue weighted by atomic mass is 35.5. The molecule has 0 radical (unpaired) electrons. The molecule has 1 aliphatic rings. The van der Waals surface area contributed by atoms with Gasteiger partial charge in [-0.2, -0.15) is 5.10 Å². The Labute approximate surface area is 124 Å². The average Bonchev–Trinajstić information content (AvgIpc) is 2.79. The van der Waals surface area contributed by atoms with E-state index in [0.29, 0.717) is 43.3 Å². The van der Waals surface area contributed by atoms with Gasteiger partial charge in [-0.1, -0.05) is 24.9 Å². The van der Waals surface area contributed by atoms with Crippen molar-refractivity contribution < 1.29 is 14.6 Å². The van der Waals surface area contributed by atoms with Crippen LogP contribution in [0.5, 0.6) is 0 Å². The molecule has 5 nitrogen and oxygen atoms in total. The minimum absolute atomic E-state index is 0.0839. The predicted octanol–water partition coefficient (Wildman–Crippen LogP) is 2.35. The Morgan fingerprint density at radius 1 is 1.65 bits per heavy atom. The SMILES string of the molecule is CCCC1CC(O)(c2c(Cl)cnn2CCOC)CCO1. The molecule has 0 saturated carbocycles. The summed E-state index contributed by atoms with van der Waals surface area (Å²) >= 11 is 6.25. The van der Waals surface area contributed by atoms with Crippen molar-refractivity contribution in [1.82, 2.24) is 9.78 Å². The summed E-state index contributed by atoms with van der Waals surface area (Å²) < 4.78 is 12.5. The molecular formula is C14H23ClN2O3. The van der Waals surface area contributed by atoms with Gasteiger partial charge in [0, 0.05) is 20.0 Å². The Morgan fingerprint density at radius 2 is 2.45 bits per heavy atom. The summed E-state index contributed by atoms with van der Waals surface area (Å²) in [4.78, 5) is 0. The summed E-state index contributed by atoms with van der Waals surface area (Å²) in [5.74, 6) is 0. The molecule has 2 heterocycles. The highest BCUT2D eigenvalue weighted by Crippen LogP contribution is 2.39. The standard InChI is InChI=1S/C14H23ClN2O3/c1-3-4-11-9-14(18,5-7-20-11)13-12(15)10-16-17(13)6-8-19-2/h10-11,18H,3-9H2,1-2H3. The van der Waals surface area contributed by atoms with Crippen molar-refractivity contribution in [2.24, 2.45) is 0 Å². The molecule has 20 heavy (non-hydrogen) atoms. The number of aromatic nitrogens is 2. The number of hydrogen-bond acceptors (Lipinski definition) is 4. The fraction of sp³-hybridized carbons (Fsp3) is 0.786. The minimum Gasteiger partial charge on any atom is -0.383 e.